The normalized spacial score (nSPS) is 17.4. The lowest BCUT2D eigenvalue weighted by atomic mass is 10.3. The Hall–Kier alpha value is -1.03. The van der Waals surface area contributed by atoms with Gasteiger partial charge in [-0.05, 0) is 19.8 Å². The predicted octanol–water partition coefficient (Wildman–Crippen LogP) is 0.974. The van der Waals surface area contributed by atoms with Crippen LogP contribution in [-0.4, -0.2) is 30.4 Å². The highest BCUT2D eigenvalue weighted by atomic mass is 31.2. The first-order valence-electron chi connectivity index (χ1n) is 5.81. The summed E-state index contributed by atoms with van der Waals surface area (Å²) in [6.07, 6.45) is 1.31. The fourth-order valence-corrected chi connectivity index (χ4v) is 2.64. The van der Waals surface area contributed by atoms with E-state index in [0.29, 0.717) is 23.9 Å². The van der Waals surface area contributed by atoms with Crippen LogP contribution in [-0.2, 0) is 34.0 Å². The molecule has 0 bridgehead atoms. The van der Waals surface area contributed by atoms with Crippen LogP contribution in [0.3, 0.4) is 0 Å². The number of rotatable bonds is 8. The predicted molar refractivity (Wildman–Crippen MR) is 62.5 cm³/mol. The molecule has 10 nitrogen and oxygen atoms in total. The minimum absolute atomic E-state index is 0.0176. The van der Waals surface area contributed by atoms with Gasteiger partial charge in [-0.3, -0.25) is 0 Å². The topological polar surface area (TPSA) is 111 Å². The molecule has 0 aliphatic heterocycles. The van der Waals surface area contributed by atoms with Crippen molar-refractivity contribution >= 4 is 7.75 Å². The molecule has 20 heavy (non-hydrogen) atoms. The Labute approximate surface area is 113 Å². The van der Waals surface area contributed by atoms with Gasteiger partial charge in [0.05, 0.1) is 14.2 Å². The second-order valence-corrected chi connectivity index (χ2v) is 5.55. The minimum Gasteiger partial charge on any atom is -0.389 e. The molecule has 2 rings (SSSR count). The average molecular weight is 310 g/mol. The zero-order valence-corrected chi connectivity index (χ0v) is 12.1. The van der Waals surface area contributed by atoms with E-state index < -0.39 is 19.1 Å². The van der Waals surface area contributed by atoms with E-state index in [9.17, 15) is 9.36 Å². The number of aromatic nitrogens is 2. The SMILES string of the molecule is CCOC1(c2nn(P(=O)(OOC)OOC)c(=O)o2)CC1. The van der Waals surface area contributed by atoms with Crippen LogP contribution in [0.5, 0.6) is 0 Å². The Morgan fingerprint density at radius 2 is 1.95 bits per heavy atom. The lowest BCUT2D eigenvalue weighted by Gasteiger charge is -2.12. The van der Waals surface area contributed by atoms with E-state index in [0.717, 1.165) is 14.2 Å². The molecule has 1 aromatic rings. The van der Waals surface area contributed by atoms with Crippen molar-refractivity contribution in [3.8, 4) is 0 Å². The summed E-state index contributed by atoms with van der Waals surface area (Å²) in [5.74, 6) is -1.01. The molecule has 0 unspecified atom stereocenters. The summed E-state index contributed by atoms with van der Waals surface area (Å²) in [4.78, 5) is 20.3. The largest absolute Gasteiger partial charge is 0.515 e. The summed E-state index contributed by atoms with van der Waals surface area (Å²) < 4.78 is 32.0. The fourth-order valence-electron chi connectivity index (χ4n) is 1.68. The van der Waals surface area contributed by atoms with Gasteiger partial charge in [0.1, 0.15) is 5.60 Å². The van der Waals surface area contributed by atoms with Crippen molar-refractivity contribution in [1.29, 1.82) is 0 Å². The van der Waals surface area contributed by atoms with Gasteiger partial charge in [0.15, 0.2) is 0 Å². The van der Waals surface area contributed by atoms with Crippen molar-refractivity contribution < 1.29 is 32.8 Å². The maximum Gasteiger partial charge on any atom is 0.515 e. The van der Waals surface area contributed by atoms with E-state index in [-0.39, 0.29) is 5.89 Å². The average Bonchev–Trinajstić information content (AvgIpc) is 3.05. The lowest BCUT2D eigenvalue weighted by Crippen LogP contribution is -2.17. The molecule has 1 aromatic heterocycles. The van der Waals surface area contributed by atoms with E-state index >= 15 is 0 Å². The van der Waals surface area contributed by atoms with Crippen molar-refractivity contribution in [2.75, 3.05) is 20.8 Å². The monoisotopic (exact) mass is 310 g/mol. The maximum atomic E-state index is 12.3. The Balaban J connectivity index is 2.36. The Bertz CT molecular complexity index is 553. The Kier molecular flexibility index (Phi) is 4.43. The summed E-state index contributed by atoms with van der Waals surface area (Å²) in [6.45, 7) is 2.24. The van der Waals surface area contributed by atoms with Gasteiger partial charge < -0.3 is 9.15 Å². The van der Waals surface area contributed by atoms with Gasteiger partial charge in [-0.25, -0.2) is 19.1 Å². The molecule has 0 atom stereocenters. The van der Waals surface area contributed by atoms with Gasteiger partial charge in [-0.1, -0.05) is 4.45 Å². The third-order valence-corrected chi connectivity index (χ3v) is 4.01. The van der Waals surface area contributed by atoms with E-state index in [1.165, 1.54) is 0 Å². The second-order valence-electron chi connectivity index (χ2n) is 3.94. The fraction of sp³-hybridized carbons (Fsp3) is 0.778. The third kappa shape index (κ3) is 2.71. The van der Waals surface area contributed by atoms with Gasteiger partial charge in [0.25, 0.3) is 5.89 Å². The molecule has 0 amide bonds. The number of ether oxygens (including phenoxy) is 1. The van der Waals surface area contributed by atoms with Crippen molar-refractivity contribution in [3.63, 3.8) is 0 Å². The molecule has 0 spiro atoms. The van der Waals surface area contributed by atoms with Crippen LogP contribution in [0.1, 0.15) is 25.7 Å². The van der Waals surface area contributed by atoms with Gasteiger partial charge >= 0.3 is 13.5 Å². The molecule has 0 N–H and O–H groups in total. The summed E-state index contributed by atoms with van der Waals surface area (Å²) in [6, 6.07) is 0. The van der Waals surface area contributed by atoms with Crippen LogP contribution in [0, 0.1) is 0 Å². The van der Waals surface area contributed by atoms with Gasteiger partial charge in [-0.15, -0.1) is 14.4 Å². The summed E-state index contributed by atoms with van der Waals surface area (Å²) in [5.41, 5.74) is -0.746. The van der Waals surface area contributed by atoms with E-state index in [2.05, 4.69) is 24.2 Å². The first-order valence-corrected chi connectivity index (χ1v) is 7.31. The van der Waals surface area contributed by atoms with Crippen molar-refractivity contribution in [2.24, 2.45) is 0 Å². The lowest BCUT2D eigenvalue weighted by molar-refractivity contribution is -0.245. The Morgan fingerprint density at radius 3 is 2.40 bits per heavy atom. The summed E-state index contributed by atoms with van der Waals surface area (Å²) in [5, 5.41) is 3.81. The zero-order valence-electron chi connectivity index (χ0n) is 11.2. The smallest absolute Gasteiger partial charge is 0.389 e. The molecule has 0 aromatic carbocycles. The molecule has 11 heteroatoms. The quantitative estimate of drug-likeness (QED) is 0.394. The standard InChI is InChI=1S/C9H15N2O8P/c1-4-16-9(5-6-9)7-10-11(8(12)17-7)20(13,18-14-2)19-15-3/h4-6H2,1-3H3. The molecule has 1 fully saturated rings. The van der Waals surface area contributed by atoms with Crippen LogP contribution >= 0.6 is 7.75 Å². The van der Waals surface area contributed by atoms with Gasteiger partial charge in [0, 0.05) is 6.61 Å². The molecule has 0 radical (unpaired) electrons. The highest BCUT2D eigenvalue weighted by molar-refractivity contribution is 7.51. The molecule has 1 aliphatic rings. The van der Waals surface area contributed by atoms with Gasteiger partial charge in [0.2, 0.25) is 0 Å². The van der Waals surface area contributed by atoms with Crippen LogP contribution < -0.4 is 5.76 Å². The zero-order chi connectivity index (χ0) is 14.8. The van der Waals surface area contributed by atoms with Crippen molar-refractivity contribution in [2.45, 2.75) is 25.4 Å². The second kappa shape index (κ2) is 5.76. The molecular weight excluding hydrogens is 295 g/mol. The van der Waals surface area contributed by atoms with Crippen molar-refractivity contribution in [1.82, 2.24) is 9.55 Å². The minimum atomic E-state index is -4.25. The molecule has 0 saturated heterocycles. The van der Waals surface area contributed by atoms with Crippen LogP contribution in [0.4, 0.5) is 0 Å². The van der Waals surface area contributed by atoms with E-state index in [1.807, 2.05) is 6.92 Å². The number of hydrogen-bond acceptors (Lipinski definition) is 9. The third-order valence-electron chi connectivity index (χ3n) is 2.62. The summed E-state index contributed by atoms with van der Waals surface area (Å²) in [7, 11) is -2.05. The Morgan fingerprint density at radius 1 is 1.35 bits per heavy atom. The first kappa shape index (κ1) is 15.4. The highest BCUT2D eigenvalue weighted by Gasteiger charge is 2.52. The molecule has 114 valence electrons. The number of hydrogen-bond donors (Lipinski definition) is 0. The van der Waals surface area contributed by atoms with Crippen molar-refractivity contribution in [3.05, 3.63) is 16.4 Å². The summed E-state index contributed by atoms with van der Waals surface area (Å²) >= 11 is 0. The maximum absolute atomic E-state index is 12.3. The highest BCUT2D eigenvalue weighted by Crippen LogP contribution is 2.51. The number of nitrogens with zero attached hydrogens (tertiary/aromatic N) is 2. The van der Waals surface area contributed by atoms with Crippen LogP contribution in [0.2, 0.25) is 0 Å². The molecular formula is C9H15N2O8P. The van der Waals surface area contributed by atoms with Crippen LogP contribution in [0.25, 0.3) is 0 Å². The first-order chi connectivity index (χ1) is 9.51. The van der Waals surface area contributed by atoms with E-state index in [1.54, 1.807) is 0 Å². The molecule has 1 heterocycles. The molecule has 1 aliphatic carbocycles. The van der Waals surface area contributed by atoms with Gasteiger partial charge in [-0.2, -0.15) is 0 Å². The van der Waals surface area contributed by atoms with E-state index in [4.69, 9.17) is 9.15 Å². The molecule has 1 saturated carbocycles. The van der Waals surface area contributed by atoms with Crippen LogP contribution in [0.15, 0.2) is 9.21 Å².